The topological polar surface area (TPSA) is 23.6 Å². The molecule has 1 aliphatic heterocycles. The second-order valence-electron chi connectivity index (χ2n) is 8.94. The normalized spacial score (nSPS) is 15.5. The molecule has 0 N–H and O–H groups in total. The van der Waals surface area contributed by atoms with E-state index in [9.17, 15) is 4.79 Å². The molecule has 1 fully saturated rings. The van der Waals surface area contributed by atoms with Gasteiger partial charge in [-0.05, 0) is 60.4 Å². The summed E-state index contributed by atoms with van der Waals surface area (Å²) in [4.78, 5) is 17.6. The van der Waals surface area contributed by atoms with Crippen molar-refractivity contribution in [3.63, 3.8) is 0 Å². The zero-order chi connectivity index (χ0) is 21.5. The molecule has 0 radical (unpaired) electrons. The van der Waals surface area contributed by atoms with E-state index in [1.807, 2.05) is 0 Å². The molecule has 1 saturated heterocycles. The van der Waals surface area contributed by atoms with E-state index < -0.39 is 0 Å². The average molecular weight is 407 g/mol. The maximum atomic E-state index is 13.0. The monoisotopic (exact) mass is 406 g/mol. The van der Waals surface area contributed by atoms with Crippen LogP contribution in [0.5, 0.6) is 0 Å². The van der Waals surface area contributed by atoms with Gasteiger partial charge < -0.3 is 4.90 Å². The van der Waals surface area contributed by atoms with Crippen LogP contribution in [-0.4, -0.2) is 29.9 Å². The molecule has 3 heteroatoms. The minimum atomic E-state index is 0.268. The van der Waals surface area contributed by atoms with Crippen molar-refractivity contribution in [2.24, 2.45) is 0 Å². The molecule has 2 aromatic carbocycles. The Morgan fingerprint density at radius 3 is 2.10 bits per heavy atom. The molecule has 1 amide bonds. The zero-order valence-electron chi connectivity index (χ0n) is 19.2. The largest absolute Gasteiger partial charge is 0.309 e. The van der Waals surface area contributed by atoms with E-state index in [0.29, 0.717) is 18.4 Å². The molecular weight excluding hydrogens is 368 g/mol. The van der Waals surface area contributed by atoms with E-state index >= 15 is 0 Å². The molecule has 2 aromatic rings. The fourth-order valence-electron chi connectivity index (χ4n) is 4.39. The predicted molar refractivity (Wildman–Crippen MR) is 127 cm³/mol. The summed E-state index contributed by atoms with van der Waals surface area (Å²) in [6.07, 6.45) is 4.62. The summed E-state index contributed by atoms with van der Waals surface area (Å²) in [5.74, 6) is 0.845. The maximum absolute atomic E-state index is 13.0. The predicted octanol–water partition coefficient (Wildman–Crippen LogP) is 6.17. The number of likely N-dealkylation sites (tertiary alicyclic amines) is 1. The maximum Gasteiger partial charge on any atom is 0.227 e. The van der Waals surface area contributed by atoms with Crippen LogP contribution in [0.2, 0.25) is 0 Å². The highest BCUT2D eigenvalue weighted by molar-refractivity contribution is 5.94. The van der Waals surface area contributed by atoms with Crippen molar-refractivity contribution in [1.29, 1.82) is 0 Å². The third-order valence-electron chi connectivity index (χ3n) is 6.33. The first-order valence-electron chi connectivity index (χ1n) is 11.7. The molecule has 0 unspecified atom stereocenters. The van der Waals surface area contributed by atoms with Gasteiger partial charge in [0.25, 0.3) is 0 Å². The number of nitrogens with zero attached hydrogens (tertiary/aromatic N) is 2. The Morgan fingerprint density at radius 1 is 0.967 bits per heavy atom. The van der Waals surface area contributed by atoms with Crippen LogP contribution in [0.25, 0.3) is 0 Å². The molecule has 0 spiro atoms. The lowest BCUT2D eigenvalue weighted by atomic mass is 9.99. The molecule has 3 nitrogen and oxygen atoms in total. The highest BCUT2D eigenvalue weighted by Gasteiger charge is 2.28. The second-order valence-corrected chi connectivity index (χ2v) is 8.94. The smallest absolute Gasteiger partial charge is 0.227 e. The third-order valence-corrected chi connectivity index (χ3v) is 6.33. The molecule has 0 saturated carbocycles. The molecule has 162 valence electrons. The van der Waals surface area contributed by atoms with Crippen molar-refractivity contribution < 1.29 is 4.79 Å². The number of rotatable bonds is 8. The minimum Gasteiger partial charge on any atom is -0.309 e. The van der Waals surface area contributed by atoms with Gasteiger partial charge in [-0.15, -0.1) is 0 Å². The van der Waals surface area contributed by atoms with Gasteiger partial charge in [0, 0.05) is 37.8 Å². The minimum absolute atomic E-state index is 0.268. The number of hydrogen-bond donors (Lipinski definition) is 0. The lowest BCUT2D eigenvalue weighted by Crippen LogP contribution is -2.47. The quantitative estimate of drug-likeness (QED) is 0.523. The molecule has 3 rings (SSSR count). The fourth-order valence-corrected chi connectivity index (χ4v) is 4.39. The number of carbonyl (C=O) groups is 1. The Bertz CT molecular complexity index is 787. The molecule has 0 aliphatic carbocycles. The van der Waals surface area contributed by atoms with Crippen LogP contribution in [0.1, 0.15) is 76.0 Å². The SMILES string of the molecule is CCCC(=O)N(c1ccc(CC)cc1)C1CCN(Cc2ccc(C(C)C)cc2)CC1. The van der Waals surface area contributed by atoms with Crippen LogP contribution in [0.3, 0.4) is 0 Å². The Hall–Kier alpha value is -2.13. The fraction of sp³-hybridized carbons (Fsp3) is 0.519. The summed E-state index contributed by atoms with van der Waals surface area (Å²) in [5.41, 5.74) is 5.16. The van der Waals surface area contributed by atoms with Crippen LogP contribution in [-0.2, 0) is 17.8 Å². The Balaban J connectivity index is 1.64. The number of aryl methyl sites for hydroxylation is 1. The lowest BCUT2D eigenvalue weighted by molar-refractivity contribution is -0.119. The molecule has 1 aliphatic rings. The highest BCUT2D eigenvalue weighted by Crippen LogP contribution is 2.26. The molecule has 1 heterocycles. The summed E-state index contributed by atoms with van der Waals surface area (Å²) in [6.45, 7) is 11.8. The van der Waals surface area contributed by atoms with E-state index in [-0.39, 0.29) is 5.91 Å². The lowest BCUT2D eigenvalue weighted by Gasteiger charge is -2.39. The average Bonchev–Trinajstić information content (AvgIpc) is 2.76. The number of carbonyl (C=O) groups excluding carboxylic acids is 1. The van der Waals surface area contributed by atoms with Gasteiger partial charge in [-0.1, -0.05) is 64.1 Å². The van der Waals surface area contributed by atoms with E-state index in [1.54, 1.807) is 0 Å². The third kappa shape index (κ3) is 5.72. The van der Waals surface area contributed by atoms with Gasteiger partial charge in [-0.3, -0.25) is 9.69 Å². The number of anilines is 1. The first-order chi connectivity index (χ1) is 14.5. The second kappa shape index (κ2) is 10.8. The van der Waals surface area contributed by atoms with Gasteiger partial charge in [0.15, 0.2) is 0 Å². The highest BCUT2D eigenvalue weighted by atomic mass is 16.2. The van der Waals surface area contributed by atoms with Crippen molar-refractivity contribution in [1.82, 2.24) is 4.90 Å². The summed E-state index contributed by atoms with van der Waals surface area (Å²) >= 11 is 0. The van der Waals surface area contributed by atoms with Gasteiger partial charge in [0.1, 0.15) is 0 Å². The number of benzene rings is 2. The number of piperidine rings is 1. The van der Waals surface area contributed by atoms with Crippen molar-refractivity contribution in [2.75, 3.05) is 18.0 Å². The zero-order valence-corrected chi connectivity index (χ0v) is 19.2. The van der Waals surface area contributed by atoms with Gasteiger partial charge in [0.05, 0.1) is 0 Å². The molecule has 0 atom stereocenters. The van der Waals surface area contributed by atoms with Gasteiger partial charge in [0.2, 0.25) is 5.91 Å². The van der Waals surface area contributed by atoms with E-state index in [4.69, 9.17) is 0 Å². The van der Waals surface area contributed by atoms with E-state index in [1.165, 1.54) is 16.7 Å². The first kappa shape index (κ1) is 22.6. The molecule has 30 heavy (non-hydrogen) atoms. The van der Waals surface area contributed by atoms with Crippen LogP contribution in [0, 0.1) is 0 Å². The van der Waals surface area contributed by atoms with Crippen LogP contribution in [0.4, 0.5) is 5.69 Å². The summed E-state index contributed by atoms with van der Waals surface area (Å²) in [6, 6.07) is 18.0. The Labute approximate surface area is 183 Å². The summed E-state index contributed by atoms with van der Waals surface area (Å²) in [5, 5.41) is 0. The standard InChI is InChI=1S/C27H38N2O/c1-5-7-27(30)29(25-14-10-22(6-2)11-15-25)26-16-18-28(19-17-26)20-23-8-12-24(13-9-23)21(3)4/h8-15,21,26H,5-7,16-20H2,1-4H3. The van der Waals surface area contributed by atoms with Gasteiger partial charge >= 0.3 is 0 Å². The Kier molecular flexibility index (Phi) is 8.09. The molecular formula is C27H38N2O. The van der Waals surface area contributed by atoms with Crippen LogP contribution >= 0.6 is 0 Å². The van der Waals surface area contributed by atoms with Gasteiger partial charge in [-0.2, -0.15) is 0 Å². The molecule has 0 bridgehead atoms. The molecule has 0 aromatic heterocycles. The van der Waals surface area contributed by atoms with E-state index in [2.05, 4.69) is 86.0 Å². The summed E-state index contributed by atoms with van der Waals surface area (Å²) < 4.78 is 0. The van der Waals surface area contributed by atoms with Crippen molar-refractivity contribution in [2.45, 2.75) is 78.3 Å². The van der Waals surface area contributed by atoms with Crippen molar-refractivity contribution >= 4 is 11.6 Å². The number of amides is 1. The Morgan fingerprint density at radius 2 is 1.57 bits per heavy atom. The van der Waals surface area contributed by atoms with Crippen molar-refractivity contribution in [3.8, 4) is 0 Å². The summed E-state index contributed by atoms with van der Waals surface area (Å²) in [7, 11) is 0. The van der Waals surface area contributed by atoms with Crippen molar-refractivity contribution in [3.05, 3.63) is 65.2 Å². The van der Waals surface area contributed by atoms with E-state index in [0.717, 1.165) is 51.0 Å². The first-order valence-corrected chi connectivity index (χ1v) is 11.7. The van der Waals surface area contributed by atoms with Gasteiger partial charge in [-0.25, -0.2) is 0 Å². The van der Waals surface area contributed by atoms with Crippen LogP contribution in [0.15, 0.2) is 48.5 Å². The van der Waals surface area contributed by atoms with Crippen LogP contribution < -0.4 is 4.90 Å². The number of hydrogen-bond acceptors (Lipinski definition) is 2.